The highest BCUT2D eigenvalue weighted by atomic mass is 15.2. The lowest BCUT2D eigenvalue weighted by Crippen LogP contribution is -2.51. The van der Waals surface area contributed by atoms with E-state index in [4.69, 9.17) is 0 Å². The van der Waals surface area contributed by atoms with Crippen molar-refractivity contribution in [3.05, 3.63) is 0 Å². The van der Waals surface area contributed by atoms with Crippen molar-refractivity contribution < 1.29 is 0 Å². The maximum atomic E-state index is 3.70. The first kappa shape index (κ1) is 18.0. The summed E-state index contributed by atoms with van der Waals surface area (Å²) in [4.78, 5) is 2.84. The van der Waals surface area contributed by atoms with E-state index in [1.807, 2.05) is 0 Å². The summed E-state index contributed by atoms with van der Waals surface area (Å²) in [7, 11) is 0. The Hall–Kier alpha value is -0.0800. The summed E-state index contributed by atoms with van der Waals surface area (Å²) in [6.07, 6.45) is 5.70. The van der Waals surface area contributed by atoms with Crippen LogP contribution >= 0.6 is 0 Å². The lowest BCUT2D eigenvalue weighted by molar-refractivity contribution is 0.0872. The van der Waals surface area contributed by atoms with Crippen LogP contribution in [0.15, 0.2) is 0 Å². The summed E-state index contributed by atoms with van der Waals surface area (Å²) in [5.74, 6) is 2.24. The summed E-state index contributed by atoms with van der Waals surface area (Å²) in [5, 5.41) is 3.70. The summed E-state index contributed by atoms with van der Waals surface area (Å²) < 4.78 is 0. The van der Waals surface area contributed by atoms with Crippen molar-refractivity contribution in [2.75, 3.05) is 19.6 Å². The molecular weight excluding hydrogens is 244 g/mol. The fourth-order valence-electron chi connectivity index (χ4n) is 3.47. The molecule has 2 nitrogen and oxygen atoms in total. The van der Waals surface area contributed by atoms with Crippen LogP contribution in [0.1, 0.15) is 67.2 Å². The zero-order valence-electron chi connectivity index (χ0n) is 14.8. The maximum Gasteiger partial charge on any atom is 0.0246 e. The van der Waals surface area contributed by atoms with Gasteiger partial charge < -0.3 is 5.32 Å². The van der Waals surface area contributed by atoms with Crippen LogP contribution in [0.4, 0.5) is 0 Å². The number of hydrogen-bond donors (Lipinski definition) is 1. The molecule has 1 rings (SSSR count). The smallest absolute Gasteiger partial charge is 0.0246 e. The molecule has 1 aliphatic carbocycles. The van der Waals surface area contributed by atoms with Crippen LogP contribution in [0.3, 0.4) is 0 Å². The first-order valence-corrected chi connectivity index (χ1v) is 8.88. The van der Waals surface area contributed by atoms with Gasteiger partial charge in [-0.2, -0.15) is 0 Å². The van der Waals surface area contributed by atoms with Crippen molar-refractivity contribution in [3.63, 3.8) is 0 Å². The molecular formula is C18H38N2. The molecule has 0 heterocycles. The second-order valence-corrected chi connectivity index (χ2v) is 7.89. The lowest BCUT2D eigenvalue weighted by atomic mass is 9.97. The first-order chi connectivity index (χ1) is 9.41. The normalized spacial score (nSPS) is 18.9. The van der Waals surface area contributed by atoms with Crippen LogP contribution in [0.25, 0.3) is 0 Å². The minimum Gasteiger partial charge on any atom is -0.315 e. The molecule has 0 amide bonds. The number of nitrogens with zero attached hydrogens (tertiary/aromatic N) is 1. The average molecular weight is 283 g/mol. The molecule has 1 aliphatic rings. The van der Waals surface area contributed by atoms with Crippen molar-refractivity contribution in [2.45, 2.75) is 79.3 Å². The topological polar surface area (TPSA) is 15.3 Å². The summed E-state index contributed by atoms with van der Waals surface area (Å²) in [6, 6.07) is 1.53. The molecule has 0 aliphatic heterocycles. The van der Waals surface area contributed by atoms with Gasteiger partial charge in [-0.1, -0.05) is 54.4 Å². The standard InChI is InChI=1S/C18H38N2/c1-14(2)11-19-12-18(16(5)6)20(13-15(3)4)17-9-7-8-10-17/h14-19H,7-13H2,1-6H3. The van der Waals surface area contributed by atoms with Gasteiger partial charge in [-0.05, 0) is 37.1 Å². The quantitative estimate of drug-likeness (QED) is 0.683. The van der Waals surface area contributed by atoms with Crippen molar-refractivity contribution in [2.24, 2.45) is 17.8 Å². The van der Waals surface area contributed by atoms with Crippen LogP contribution in [0.5, 0.6) is 0 Å². The second kappa shape index (κ2) is 9.04. The lowest BCUT2D eigenvalue weighted by Gasteiger charge is -2.40. The molecule has 120 valence electrons. The zero-order chi connectivity index (χ0) is 15.1. The third-order valence-electron chi connectivity index (χ3n) is 4.47. The molecule has 0 aromatic carbocycles. The van der Waals surface area contributed by atoms with Gasteiger partial charge in [0.2, 0.25) is 0 Å². The minimum absolute atomic E-state index is 0.694. The van der Waals surface area contributed by atoms with Gasteiger partial charge in [-0.15, -0.1) is 0 Å². The van der Waals surface area contributed by atoms with Crippen LogP contribution in [0, 0.1) is 17.8 Å². The molecule has 1 atom stereocenters. The van der Waals surface area contributed by atoms with E-state index in [9.17, 15) is 0 Å². The fourth-order valence-corrected chi connectivity index (χ4v) is 3.47. The van der Waals surface area contributed by atoms with E-state index < -0.39 is 0 Å². The van der Waals surface area contributed by atoms with E-state index in [-0.39, 0.29) is 0 Å². The number of hydrogen-bond acceptors (Lipinski definition) is 2. The van der Waals surface area contributed by atoms with Gasteiger partial charge in [0.1, 0.15) is 0 Å². The number of nitrogens with one attached hydrogen (secondary N) is 1. The largest absolute Gasteiger partial charge is 0.315 e. The Bertz CT molecular complexity index is 242. The Morgan fingerprint density at radius 3 is 1.95 bits per heavy atom. The van der Waals surface area contributed by atoms with Gasteiger partial charge >= 0.3 is 0 Å². The summed E-state index contributed by atoms with van der Waals surface area (Å²) in [5.41, 5.74) is 0. The van der Waals surface area contributed by atoms with E-state index in [0.717, 1.165) is 36.9 Å². The van der Waals surface area contributed by atoms with Gasteiger partial charge in [0, 0.05) is 25.2 Å². The van der Waals surface area contributed by atoms with Crippen molar-refractivity contribution in [3.8, 4) is 0 Å². The predicted molar refractivity (Wildman–Crippen MR) is 90.1 cm³/mol. The van der Waals surface area contributed by atoms with Crippen molar-refractivity contribution in [1.29, 1.82) is 0 Å². The molecule has 1 unspecified atom stereocenters. The Balaban J connectivity index is 2.64. The Morgan fingerprint density at radius 1 is 0.900 bits per heavy atom. The predicted octanol–water partition coefficient (Wildman–Crippen LogP) is 4.16. The molecule has 20 heavy (non-hydrogen) atoms. The minimum atomic E-state index is 0.694. The van der Waals surface area contributed by atoms with Crippen LogP contribution in [-0.2, 0) is 0 Å². The van der Waals surface area contributed by atoms with E-state index in [2.05, 4.69) is 51.8 Å². The van der Waals surface area contributed by atoms with E-state index >= 15 is 0 Å². The van der Waals surface area contributed by atoms with Crippen molar-refractivity contribution >= 4 is 0 Å². The molecule has 1 fully saturated rings. The average Bonchev–Trinajstić information content (AvgIpc) is 2.84. The Kier molecular flexibility index (Phi) is 8.13. The van der Waals surface area contributed by atoms with Crippen LogP contribution in [0.2, 0.25) is 0 Å². The highest BCUT2D eigenvalue weighted by Crippen LogP contribution is 2.28. The van der Waals surface area contributed by atoms with Gasteiger partial charge in [-0.3, -0.25) is 4.90 Å². The van der Waals surface area contributed by atoms with Gasteiger partial charge in [0.25, 0.3) is 0 Å². The van der Waals surface area contributed by atoms with Gasteiger partial charge in [0.15, 0.2) is 0 Å². The van der Waals surface area contributed by atoms with Gasteiger partial charge in [0.05, 0.1) is 0 Å². The second-order valence-electron chi connectivity index (χ2n) is 7.89. The molecule has 0 aromatic rings. The Labute approximate surface area is 127 Å². The molecule has 0 aromatic heterocycles. The molecule has 1 saturated carbocycles. The monoisotopic (exact) mass is 282 g/mol. The fraction of sp³-hybridized carbons (Fsp3) is 1.00. The van der Waals surface area contributed by atoms with Crippen molar-refractivity contribution in [1.82, 2.24) is 10.2 Å². The van der Waals surface area contributed by atoms with Crippen LogP contribution in [-0.4, -0.2) is 36.6 Å². The molecule has 2 heteroatoms. The summed E-state index contributed by atoms with van der Waals surface area (Å²) >= 11 is 0. The molecule has 0 radical (unpaired) electrons. The molecule has 0 spiro atoms. The number of rotatable bonds is 9. The first-order valence-electron chi connectivity index (χ1n) is 8.88. The Morgan fingerprint density at radius 2 is 1.50 bits per heavy atom. The maximum absolute atomic E-state index is 3.70. The van der Waals surface area contributed by atoms with E-state index in [0.29, 0.717) is 6.04 Å². The molecule has 1 N–H and O–H groups in total. The molecule has 0 bridgehead atoms. The highest BCUT2D eigenvalue weighted by molar-refractivity contribution is 4.86. The highest BCUT2D eigenvalue weighted by Gasteiger charge is 2.30. The summed E-state index contributed by atoms with van der Waals surface area (Å²) in [6.45, 7) is 17.6. The van der Waals surface area contributed by atoms with Crippen LogP contribution < -0.4 is 5.32 Å². The van der Waals surface area contributed by atoms with E-state index in [1.54, 1.807) is 0 Å². The molecule has 0 saturated heterocycles. The SMILES string of the molecule is CC(C)CNCC(C(C)C)N(CC(C)C)C1CCCC1. The third-order valence-corrected chi connectivity index (χ3v) is 4.47. The third kappa shape index (κ3) is 6.13. The van der Waals surface area contributed by atoms with Gasteiger partial charge in [-0.25, -0.2) is 0 Å². The van der Waals surface area contributed by atoms with E-state index in [1.165, 1.54) is 32.2 Å². The zero-order valence-corrected chi connectivity index (χ0v) is 14.8.